The summed E-state index contributed by atoms with van der Waals surface area (Å²) < 4.78 is 10.5. The molecule has 0 unspecified atom stereocenters. The quantitative estimate of drug-likeness (QED) is 0.750. The molecule has 92 valence electrons. The van der Waals surface area contributed by atoms with Gasteiger partial charge >= 0.3 is 5.97 Å². The van der Waals surface area contributed by atoms with Crippen molar-refractivity contribution in [2.75, 3.05) is 13.2 Å². The van der Waals surface area contributed by atoms with Gasteiger partial charge in [0.25, 0.3) is 0 Å². The first kappa shape index (κ1) is 12.0. The van der Waals surface area contributed by atoms with Crippen molar-refractivity contribution in [3.63, 3.8) is 0 Å². The molecular formula is C14H18O3. The molecule has 0 bridgehead atoms. The van der Waals surface area contributed by atoms with Crippen molar-refractivity contribution in [2.24, 2.45) is 0 Å². The lowest BCUT2D eigenvalue weighted by Crippen LogP contribution is -2.05. The van der Waals surface area contributed by atoms with Crippen molar-refractivity contribution < 1.29 is 14.3 Å². The lowest BCUT2D eigenvalue weighted by Gasteiger charge is -2.07. The van der Waals surface area contributed by atoms with Gasteiger partial charge in [-0.2, -0.15) is 0 Å². The topological polar surface area (TPSA) is 35.5 Å². The number of benzene rings is 1. The molecule has 0 saturated heterocycles. The molecule has 0 N–H and O–H groups in total. The minimum atomic E-state index is -0.123. The number of esters is 1. The maximum absolute atomic E-state index is 11.3. The number of ether oxygens (including phenoxy) is 2. The zero-order chi connectivity index (χ0) is 12.3. The average molecular weight is 234 g/mol. The summed E-state index contributed by atoms with van der Waals surface area (Å²) in [5.74, 6) is 0.909. The monoisotopic (exact) mass is 234 g/mol. The lowest BCUT2D eigenvalue weighted by atomic mass is 10.0. The lowest BCUT2D eigenvalue weighted by molar-refractivity contribution is -0.143. The Hall–Kier alpha value is -1.51. The molecule has 0 atom stereocenters. The molecule has 3 heteroatoms. The highest BCUT2D eigenvalue weighted by Gasteiger charge is 2.15. The fraction of sp³-hybridized carbons (Fsp3) is 0.500. The van der Waals surface area contributed by atoms with Crippen LogP contribution >= 0.6 is 0 Å². The number of carbonyl (C=O) groups excluding carboxylic acids is 1. The second-order valence-corrected chi connectivity index (χ2v) is 4.30. The molecule has 1 aliphatic rings. The Kier molecular flexibility index (Phi) is 3.67. The van der Waals surface area contributed by atoms with E-state index in [0.717, 1.165) is 25.2 Å². The predicted octanol–water partition coefficient (Wildman–Crippen LogP) is 2.43. The van der Waals surface area contributed by atoms with Crippen LogP contribution < -0.4 is 4.74 Å². The summed E-state index contributed by atoms with van der Waals surface area (Å²) in [7, 11) is 0. The number of hydrogen-bond acceptors (Lipinski definition) is 3. The van der Waals surface area contributed by atoms with Crippen molar-refractivity contribution in [1.82, 2.24) is 0 Å². The van der Waals surface area contributed by atoms with Gasteiger partial charge in [0.15, 0.2) is 0 Å². The SMILES string of the molecule is CCOC(=O)CCc1cc(C)c2c(c1)CCO2. The van der Waals surface area contributed by atoms with Gasteiger partial charge in [-0.05, 0) is 37.0 Å². The third kappa shape index (κ3) is 2.78. The van der Waals surface area contributed by atoms with Crippen LogP contribution in [0.5, 0.6) is 5.75 Å². The van der Waals surface area contributed by atoms with Crippen molar-refractivity contribution in [3.8, 4) is 5.75 Å². The molecule has 0 radical (unpaired) electrons. The highest BCUT2D eigenvalue weighted by atomic mass is 16.5. The fourth-order valence-corrected chi connectivity index (χ4v) is 2.21. The minimum Gasteiger partial charge on any atom is -0.493 e. The van der Waals surface area contributed by atoms with E-state index in [4.69, 9.17) is 9.47 Å². The van der Waals surface area contributed by atoms with Crippen molar-refractivity contribution in [3.05, 3.63) is 28.8 Å². The number of hydrogen-bond donors (Lipinski definition) is 0. The van der Waals surface area contributed by atoms with Crippen LogP contribution in [-0.2, 0) is 22.4 Å². The highest BCUT2D eigenvalue weighted by molar-refractivity contribution is 5.69. The average Bonchev–Trinajstić information content (AvgIpc) is 2.75. The van der Waals surface area contributed by atoms with Gasteiger partial charge in [-0.3, -0.25) is 4.79 Å². The molecular weight excluding hydrogens is 216 g/mol. The molecule has 0 saturated carbocycles. The molecule has 1 aromatic carbocycles. The Bertz CT molecular complexity index is 424. The van der Waals surface area contributed by atoms with E-state index in [1.807, 2.05) is 6.92 Å². The molecule has 1 aliphatic heterocycles. The maximum atomic E-state index is 11.3. The zero-order valence-electron chi connectivity index (χ0n) is 10.4. The van der Waals surface area contributed by atoms with Gasteiger partial charge in [0.1, 0.15) is 5.75 Å². The van der Waals surface area contributed by atoms with Gasteiger partial charge in [0, 0.05) is 12.8 Å². The summed E-state index contributed by atoms with van der Waals surface area (Å²) in [6.07, 6.45) is 2.17. The van der Waals surface area contributed by atoms with Crippen molar-refractivity contribution in [2.45, 2.75) is 33.1 Å². The predicted molar refractivity (Wildman–Crippen MR) is 65.3 cm³/mol. The van der Waals surface area contributed by atoms with Crippen LogP contribution in [0.25, 0.3) is 0 Å². The molecule has 0 fully saturated rings. The minimum absolute atomic E-state index is 0.123. The Morgan fingerprint density at radius 3 is 3.06 bits per heavy atom. The van der Waals surface area contributed by atoms with Crippen LogP contribution in [0.3, 0.4) is 0 Å². The second kappa shape index (κ2) is 5.21. The standard InChI is InChI=1S/C14H18O3/c1-3-16-13(15)5-4-11-8-10(2)14-12(9-11)6-7-17-14/h8-9H,3-7H2,1-2H3. The van der Waals surface area contributed by atoms with E-state index >= 15 is 0 Å². The summed E-state index contributed by atoms with van der Waals surface area (Å²) in [5, 5.41) is 0. The van der Waals surface area contributed by atoms with E-state index in [1.165, 1.54) is 16.7 Å². The summed E-state index contributed by atoms with van der Waals surface area (Å²) >= 11 is 0. The fourth-order valence-electron chi connectivity index (χ4n) is 2.21. The van der Waals surface area contributed by atoms with E-state index in [2.05, 4.69) is 19.1 Å². The summed E-state index contributed by atoms with van der Waals surface area (Å²) in [6, 6.07) is 4.25. The van der Waals surface area contributed by atoms with Gasteiger partial charge in [0.05, 0.1) is 13.2 Å². The van der Waals surface area contributed by atoms with Gasteiger partial charge in [-0.15, -0.1) is 0 Å². The highest BCUT2D eigenvalue weighted by Crippen LogP contribution is 2.30. The molecule has 0 amide bonds. The maximum Gasteiger partial charge on any atom is 0.306 e. The zero-order valence-corrected chi connectivity index (χ0v) is 10.4. The molecule has 2 rings (SSSR count). The van der Waals surface area contributed by atoms with Crippen LogP contribution in [0.4, 0.5) is 0 Å². The molecule has 0 aliphatic carbocycles. The van der Waals surface area contributed by atoms with Crippen LogP contribution in [-0.4, -0.2) is 19.2 Å². The smallest absolute Gasteiger partial charge is 0.306 e. The van der Waals surface area contributed by atoms with Gasteiger partial charge < -0.3 is 9.47 Å². The molecule has 3 nitrogen and oxygen atoms in total. The molecule has 17 heavy (non-hydrogen) atoms. The van der Waals surface area contributed by atoms with Crippen LogP contribution in [0, 0.1) is 6.92 Å². The largest absolute Gasteiger partial charge is 0.493 e. The summed E-state index contributed by atoms with van der Waals surface area (Å²) in [5.41, 5.74) is 3.63. The number of fused-ring (bicyclic) bond motifs is 1. The van der Waals surface area contributed by atoms with Crippen LogP contribution in [0.1, 0.15) is 30.0 Å². The van der Waals surface area contributed by atoms with Gasteiger partial charge in [-0.1, -0.05) is 12.1 Å². The first-order valence-corrected chi connectivity index (χ1v) is 6.11. The second-order valence-electron chi connectivity index (χ2n) is 4.30. The summed E-state index contributed by atoms with van der Waals surface area (Å²) in [6.45, 7) is 5.11. The van der Waals surface area contributed by atoms with Crippen LogP contribution in [0.15, 0.2) is 12.1 Å². The Labute approximate surface area is 102 Å². The molecule has 0 aromatic heterocycles. The van der Waals surface area contributed by atoms with E-state index in [-0.39, 0.29) is 5.97 Å². The molecule has 0 spiro atoms. The third-order valence-electron chi connectivity index (χ3n) is 2.95. The van der Waals surface area contributed by atoms with E-state index < -0.39 is 0 Å². The van der Waals surface area contributed by atoms with Crippen molar-refractivity contribution in [1.29, 1.82) is 0 Å². The Balaban J connectivity index is 2.02. The first-order valence-electron chi connectivity index (χ1n) is 6.11. The van der Waals surface area contributed by atoms with E-state index in [9.17, 15) is 4.79 Å². The molecule has 1 aromatic rings. The van der Waals surface area contributed by atoms with Gasteiger partial charge in [0.2, 0.25) is 0 Å². The third-order valence-corrected chi connectivity index (χ3v) is 2.95. The van der Waals surface area contributed by atoms with E-state index in [0.29, 0.717) is 13.0 Å². The summed E-state index contributed by atoms with van der Waals surface area (Å²) in [4.78, 5) is 11.3. The van der Waals surface area contributed by atoms with Gasteiger partial charge in [-0.25, -0.2) is 0 Å². The Morgan fingerprint density at radius 1 is 1.47 bits per heavy atom. The number of aryl methyl sites for hydroxylation is 2. The number of rotatable bonds is 4. The number of carbonyl (C=O) groups is 1. The normalized spacial score (nSPS) is 13.1. The first-order chi connectivity index (χ1) is 8.20. The molecule has 1 heterocycles. The Morgan fingerprint density at radius 2 is 2.29 bits per heavy atom. The van der Waals surface area contributed by atoms with E-state index in [1.54, 1.807) is 0 Å². The van der Waals surface area contributed by atoms with Crippen molar-refractivity contribution >= 4 is 5.97 Å². The van der Waals surface area contributed by atoms with Crippen LogP contribution in [0.2, 0.25) is 0 Å².